The standard InChI is InChI=1S/C22H35N5O3/c1-17-19(18(2)24(3)23-17)4-5-20(28)27-9-7-22(16-27)6-8-26(21(22)29)11-10-25-12-14-30-15-13-25/h4-16H2,1-3H3. The van der Waals surface area contributed by atoms with Gasteiger partial charge in [-0.2, -0.15) is 5.10 Å². The van der Waals surface area contributed by atoms with Crippen LogP contribution in [-0.2, 0) is 27.8 Å². The first-order valence-corrected chi connectivity index (χ1v) is 11.3. The van der Waals surface area contributed by atoms with Crippen molar-refractivity contribution in [2.75, 3.05) is 59.0 Å². The van der Waals surface area contributed by atoms with Gasteiger partial charge in [0.15, 0.2) is 0 Å². The lowest BCUT2D eigenvalue weighted by Gasteiger charge is -2.29. The highest BCUT2D eigenvalue weighted by Gasteiger charge is 2.51. The molecule has 1 atom stereocenters. The molecule has 2 amide bonds. The predicted molar refractivity (Wildman–Crippen MR) is 113 cm³/mol. The lowest BCUT2D eigenvalue weighted by molar-refractivity contribution is -0.136. The van der Waals surface area contributed by atoms with Crippen molar-refractivity contribution < 1.29 is 14.3 Å². The van der Waals surface area contributed by atoms with Crippen molar-refractivity contribution in [1.82, 2.24) is 24.5 Å². The lowest BCUT2D eigenvalue weighted by atomic mass is 9.85. The summed E-state index contributed by atoms with van der Waals surface area (Å²) in [6, 6.07) is 0. The third kappa shape index (κ3) is 4.12. The second-order valence-electron chi connectivity index (χ2n) is 9.11. The molecule has 4 heterocycles. The maximum Gasteiger partial charge on any atom is 0.230 e. The number of amides is 2. The van der Waals surface area contributed by atoms with Gasteiger partial charge in [-0.25, -0.2) is 0 Å². The van der Waals surface area contributed by atoms with Crippen molar-refractivity contribution in [2.45, 2.75) is 39.5 Å². The fourth-order valence-corrected chi connectivity index (χ4v) is 5.23. The highest BCUT2D eigenvalue weighted by Crippen LogP contribution is 2.40. The smallest absolute Gasteiger partial charge is 0.230 e. The summed E-state index contributed by atoms with van der Waals surface area (Å²) in [6.07, 6.45) is 2.88. The summed E-state index contributed by atoms with van der Waals surface area (Å²) in [6.45, 7) is 11.3. The number of hydrogen-bond acceptors (Lipinski definition) is 5. The van der Waals surface area contributed by atoms with Crippen LogP contribution < -0.4 is 0 Å². The number of nitrogens with zero attached hydrogens (tertiary/aromatic N) is 5. The molecular formula is C22H35N5O3. The van der Waals surface area contributed by atoms with Crippen LogP contribution in [0.1, 0.15) is 36.2 Å². The van der Waals surface area contributed by atoms with Crippen LogP contribution >= 0.6 is 0 Å². The van der Waals surface area contributed by atoms with Crippen molar-refractivity contribution >= 4 is 11.8 Å². The Morgan fingerprint density at radius 2 is 1.83 bits per heavy atom. The Labute approximate surface area is 179 Å². The molecule has 3 fully saturated rings. The molecule has 8 nitrogen and oxygen atoms in total. The van der Waals surface area contributed by atoms with E-state index in [1.807, 2.05) is 35.4 Å². The monoisotopic (exact) mass is 417 g/mol. The zero-order valence-electron chi connectivity index (χ0n) is 18.7. The van der Waals surface area contributed by atoms with Gasteiger partial charge >= 0.3 is 0 Å². The first-order valence-electron chi connectivity index (χ1n) is 11.3. The summed E-state index contributed by atoms with van der Waals surface area (Å²) in [5, 5.41) is 4.44. The average Bonchev–Trinajstić information content (AvgIpc) is 3.38. The maximum absolute atomic E-state index is 13.2. The summed E-state index contributed by atoms with van der Waals surface area (Å²) in [5.74, 6) is 0.416. The number of carbonyl (C=O) groups is 2. The van der Waals surface area contributed by atoms with Crippen LogP contribution in [0.25, 0.3) is 0 Å². The van der Waals surface area contributed by atoms with E-state index >= 15 is 0 Å². The van der Waals surface area contributed by atoms with Gasteiger partial charge in [0.1, 0.15) is 0 Å². The average molecular weight is 418 g/mol. The van der Waals surface area contributed by atoms with Crippen LogP contribution in [0, 0.1) is 19.3 Å². The van der Waals surface area contributed by atoms with Crippen molar-refractivity contribution in [3.63, 3.8) is 0 Å². The van der Waals surface area contributed by atoms with Gasteiger partial charge in [0.25, 0.3) is 0 Å². The van der Waals surface area contributed by atoms with Gasteiger partial charge in [0.05, 0.1) is 24.3 Å². The van der Waals surface area contributed by atoms with Gasteiger partial charge in [-0.1, -0.05) is 0 Å². The number of carbonyl (C=O) groups excluding carboxylic acids is 2. The highest BCUT2D eigenvalue weighted by atomic mass is 16.5. The molecule has 1 aromatic rings. The van der Waals surface area contributed by atoms with E-state index in [4.69, 9.17) is 4.74 Å². The van der Waals surface area contributed by atoms with E-state index in [9.17, 15) is 9.59 Å². The molecule has 3 saturated heterocycles. The van der Waals surface area contributed by atoms with Crippen molar-refractivity contribution in [3.05, 3.63) is 17.0 Å². The number of rotatable bonds is 6. The normalized spacial score (nSPS) is 25.1. The summed E-state index contributed by atoms with van der Waals surface area (Å²) in [4.78, 5) is 32.3. The topological polar surface area (TPSA) is 70.9 Å². The fraction of sp³-hybridized carbons (Fsp3) is 0.773. The van der Waals surface area contributed by atoms with Gasteiger partial charge in [-0.15, -0.1) is 0 Å². The van der Waals surface area contributed by atoms with Crippen LogP contribution in [-0.4, -0.2) is 95.3 Å². The molecule has 1 unspecified atom stereocenters. The molecule has 0 aromatic carbocycles. The largest absolute Gasteiger partial charge is 0.379 e. The van der Waals surface area contributed by atoms with Crippen LogP contribution in [0.15, 0.2) is 0 Å². The van der Waals surface area contributed by atoms with Gasteiger partial charge < -0.3 is 14.5 Å². The van der Waals surface area contributed by atoms with Gasteiger partial charge in [0.2, 0.25) is 11.8 Å². The van der Waals surface area contributed by atoms with E-state index in [1.165, 1.54) is 5.56 Å². The molecule has 0 saturated carbocycles. The third-order valence-electron chi connectivity index (χ3n) is 7.35. The Morgan fingerprint density at radius 3 is 2.53 bits per heavy atom. The third-order valence-corrected chi connectivity index (χ3v) is 7.35. The Hall–Kier alpha value is -1.93. The van der Waals surface area contributed by atoms with E-state index in [-0.39, 0.29) is 17.2 Å². The number of ether oxygens (including phenoxy) is 1. The molecule has 1 aromatic heterocycles. The number of aryl methyl sites for hydroxylation is 2. The van der Waals surface area contributed by atoms with E-state index in [2.05, 4.69) is 10.00 Å². The second-order valence-corrected chi connectivity index (χ2v) is 9.11. The second kappa shape index (κ2) is 8.67. The number of likely N-dealkylation sites (tertiary alicyclic amines) is 2. The zero-order chi connectivity index (χ0) is 21.3. The first-order chi connectivity index (χ1) is 14.4. The highest BCUT2D eigenvalue weighted by molar-refractivity contribution is 5.87. The van der Waals surface area contributed by atoms with Crippen LogP contribution in [0.3, 0.4) is 0 Å². The molecule has 166 valence electrons. The number of morpholine rings is 1. The molecule has 1 spiro atoms. The van der Waals surface area contributed by atoms with Crippen molar-refractivity contribution in [1.29, 1.82) is 0 Å². The minimum Gasteiger partial charge on any atom is -0.379 e. The van der Waals surface area contributed by atoms with E-state index in [0.29, 0.717) is 25.9 Å². The minimum absolute atomic E-state index is 0.161. The lowest BCUT2D eigenvalue weighted by Crippen LogP contribution is -2.43. The minimum atomic E-state index is -0.346. The van der Waals surface area contributed by atoms with E-state index in [1.54, 1.807) is 0 Å². The molecule has 8 heteroatoms. The summed E-state index contributed by atoms with van der Waals surface area (Å²) in [7, 11) is 1.94. The quantitative estimate of drug-likeness (QED) is 0.683. The maximum atomic E-state index is 13.2. The molecular weight excluding hydrogens is 382 g/mol. The Kier molecular flexibility index (Phi) is 6.16. The molecule has 3 aliphatic heterocycles. The molecule has 4 rings (SSSR count). The molecule has 3 aliphatic rings. The van der Waals surface area contributed by atoms with E-state index < -0.39 is 0 Å². The first kappa shape index (κ1) is 21.3. The molecule has 0 bridgehead atoms. The van der Waals surface area contributed by atoms with E-state index in [0.717, 1.165) is 70.2 Å². The zero-order valence-corrected chi connectivity index (χ0v) is 18.7. The van der Waals surface area contributed by atoms with Crippen LogP contribution in [0.5, 0.6) is 0 Å². The summed E-state index contributed by atoms with van der Waals surface area (Å²) < 4.78 is 7.28. The molecule has 0 aliphatic carbocycles. The number of hydrogen-bond donors (Lipinski definition) is 0. The molecule has 30 heavy (non-hydrogen) atoms. The predicted octanol–water partition coefficient (Wildman–Crippen LogP) is 0.753. The summed E-state index contributed by atoms with van der Waals surface area (Å²) >= 11 is 0. The fourth-order valence-electron chi connectivity index (χ4n) is 5.23. The van der Waals surface area contributed by atoms with Gasteiger partial charge in [-0.05, 0) is 38.7 Å². The Bertz CT molecular complexity index is 801. The van der Waals surface area contributed by atoms with Gasteiger partial charge in [-0.3, -0.25) is 19.2 Å². The Morgan fingerprint density at radius 1 is 1.10 bits per heavy atom. The molecule has 0 radical (unpaired) electrons. The van der Waals surface area contributed by atoms with Crippen LogP contribution in [0.4, 0.5) is 0 Å². The van der Waals surface area contributed by atoms with Gasteiger partial charge in [0, 0.05) is 65.0 Å². The summed E-state index contributed by atoms with van der Waals surface area (Å²) in [5.41, 5.74) is 2.95. The number of aromatic nitrogens is 2. The molecule has 0 N–H and O–H groups in total. The van der Waals surface area contributed by atoms with Crippen molar-refractivity contribution in [2.24, 2.45) is 12.5 Å². The van der Waals surface area contributed by atoms with Crippen LogP contribution in [0.2, 0.25) is 0 Å². The Balaban J connectivity index is 1.28. The van der Waals surface area contributed by atoms with Crippen molar-refractivity contribution in [3.8, 4) is 0 Å². The SMILES string of the molecule is Cc1nn(C)c(C)c1CCC(=O)N1CCC2(CCN(CCN3CCOCC3)C2=O)C1.